The van der Waals surface area contributed by atoms with Crippen LogP contribution >= 0.6 is 0 Å². The Morgan fingerprint density at radius 1 is 1.13 bits per heavy atom. The highest BCUT2D eigenvalue weighted by Gasteiger charge is 2.34. The van der Waals surface area contributed by atoms with Gasteiger partial charge in [-0.2, -0.15) is 0 Å². The van der Waals surface area contributed by atoms with E-state index in [2.05, 4.69) is 15.2 Å². The third-order valence-electron chi connectivity index (χ3n) is 5.98. The zero-order valence-electron chi connectivity index (χ0n) is 17.9. The molecule has 1 fully saturated rings. The van der Waals surface area contributed by atoms with Gasteiger partial charge in [-0.3, -0.25) is 4.40 Å². The fourth-order valence-corrected chi connectivity index (χ4v) is 3.92. The van der Waals surface area contributed by atoms with Crippen molar-refractivity contribution in [2.75, 3.05) is 7.11 Å². The van der Waals surface area contributed by atoms with Crippen molar-refractivity contribution in [1.82, 2.24) is 24.6 Å². The predicted molar refractivity (Wildman–Crippen MR) is 115 cm³/mol. The number of methoxy groups -OCH3 is 1. The van der Waals surface area contributed by atoms with Crippen molar-refractivity contribution in [2.45, 2.75) is 45.1 Å². The molecular formula is C23H23N5O3. The zero-order valence-corrected chi connectivity index (χ0v) is 17.9. The van der Waals surface area contributed by atoms with Crippen LogP contribution < -0.4 is 0 Å². The van der Waals surface area contributed by atoms with Crippen LogP contribution in [0.25, 0.3) is 28.2 Å². The number of hydrogen-bond acceptors (Lipinski definition) is 7. The minimum atomic E-state index is -1.78. The number of pyridine rings is 1. The first-order valence-corrected chi connectivity index (χ1v) is 10.3. The Morgan fingerprint density at radius 3 is 2.61 bits per heavy atom. The van der Waals surface area contributed by atoms with Gasteiger partial charge in [0.25, 0.3) is 0 Å². The van der Waals surface area contributed by atoms with Gasteiger partial charge >= 0.3 is 5.97 Å². The molecule has 3 aromatic heterocycles. The van der Waals surface area contributed by atoms with Crippen LogP contribution in [0.15, 0.2) is 30.3 Å². The van der Waals surface area contributed by atoms with Gasteiger partial charge in [0.2, 0.25) is 0 Å². The van der Waals surface area contributed by atoms with Crippen LogP contribution in [-0.2, 0) is 15.1 Å². The third-order valence-corrected chi connectivity index (χ3v) is 5.98. The average Bonchev–Trinajstić information content (AvgIpc) is 3.51. The maximum atomic E-state index is 12.1. The number of aliphatic hydroxyl groups is 1. The summed E-state index contributed by atoms with van der Waals surface area (Å²) in [5.41, 5.74) is 4.22. The van der Waals surface area contributed by atoms with Gasteiger partial charge in [-0.1, -0.05) is 12.1 Å². The Labute approximate surface area is 178 Å². The van der Waals surface area contributed by atoms with Gasteiger partial charge in [0.15, 0.2) is 22.7 Å². The Balaban J connectivity index is 1.78. The molecule has 1 aliphatic carbocycles. The Hall–Kier alpha value is -3.39. The van der Waals surface area contributed by atoms with Crippen molar-refractivity contribution in [1.29, 1.82) is 0 Å². The number of aromatic nitrogens is 5. The fourth-order valence-electron chi connectivity index (χ4n) is 3.92. The number of ether oxygens (including phenoxy) is 1. The van der Waals surface area contributed by atoms with E-state index in [1.807, 2.05) is 36.4 Å². The third kappa shape index (κ3) is 3.06. The second-order valence-electron chi connectivity index (χ2n) is 8.33. The average molecular weight is 417 g/mol. The molecule has 5 rings (SSSR count). The molecule has 0 amide bonds. The van der Waals surface area contributed by atoms with E-state index in [0.717, 1.165) is 40.9 Å². The summed E-state index contributed by atoms with van der Waals surface area (Å²) in [5, 5.41) is 19.6. The first kappa shape index (κ1) is 19.6. The molecule has 0 radical (unpaired) electrons. The highest BCUT2D eigenvalue weighted by molar-refractivity contribution is 5.82. The number of nitrogens with zero attached hydrogens (tertiary/aromatic N) is 5. The summed E-state index contributed by atoms with van der Waals surface area (Å²) in [4.78, 5) is 21.7. The SMILES string of the molecule is COC(=O)C(C)(O)c1ccc(C)c(-c2nnc3c(C)nc4ccc(C5CC5)nc4n23)c1. The lowest BCUT2D eigenvalue weighted by molar-refractivity contribution is -0.161. The summed E-state index contributed by atoms with van der Waals surface area (Å²) in [5.74, 6) is 0.363. The smallest absolute Gasteiger partial charge is 0.342 e. The van der Waals surface area contributed by atoms with E-state index in [9.17, 15) is 9.90 Å². The van der Waals surface area contributed by atoms with E-state index in [0.29, 0.717) is 28.6 Å². The molecule has 1 aliphatic rings. The monoisotopic (exact) mass is 417 g/mol. The molecule has 1 aromatic carbocycles. The first-order chi connectivity index (χ1) is 14.8. The standard InChI is InChI=1S/C23H23N5O3/c1-12-5-8-15(23(3,30)22(29)31-4)11-16(12)20-27-26-19-13(2)24-18-10-9-17(14-6-7-14)25-21(18)28(19)20/h5,8-11,14,30H,6-7H2,1-4H3. The Bertz CT molecular complexity index is 1350. The summed E-state index contributed by atoms with van der Waals surface area (Å²) in [6, 6.07) is 9.37. The van der Waals surface area contributed by atoms with Gasteiger partial charge in [0.05, 0.1) is 12.8 Å². The predicted octanol–water partition coefficient (Wildman–Crippen LogP) is 3.21. The summed E-state index contributed by atoms with van der Waals surface area (Å²) in [7, 11) is 1.25. The molecule has 1 saturated carbocycles. The van der Waals surface area contributed by atoms with Crippen molar-refractivity contribution >= 4 is 22.8 Å². The Morgan fingerprint density at radius 2 is 1.90 bits per heavy atom. The molecule has 1 N–H and O–H groups in total. The molecule has 31 heavy (non-hydrogen) atoms. The van der Waals surface area contributed by atoms with E-state index in [1.165, 1.54) is 14.0 Å². The summed E-state index contributed by atoms with van der Waals surface area (Å²) < 4.78 is 6.69. The summed E-state index contributed by atoms with van der Waals surface area (Å²) in [6.45, 7) is 5.27. The van der Waals surface area contributed by atoms with Gasteiger partial charge in [0, 0.05) is 17.2 Å². The lowest BCUT2D eigenvalue weighted by Crippen LogP contribution is -2.33. The lowest BCUT2D eigenvalue weighted by Gasteiger charge is -2.21. The fraction of sp³-hybridized carbons (Fsp3) is 0.348. The molecule has 8 nitrogen and oxygen atoms in total. The van der Waals surface area contributed by atoms with E-state index in [4.69, 9.17) is 9.72 Å². The van der Waals surface area contributed by atoms with Gasteiger partial charge in [-0.15, -0.1) is 10.2 Å². The van der Waals surface area contributed by atoms with E-state index in [-0.39, 0.29) is 0 Å². The maximum Gasteiger partial charge on any atom is 0.342 e. The number of esters is 1. The van der Waals surface area contributed by atoms with Crippen LogP contribution in [0, 0.1) is 13.8 Å². The van der Waals surface area contributed by atoms with Crippen LogP contribution in [0.1, 0.15) is 48.2 Å². The van der Waals surface area contributed by atoms with Gasteiger partial charge in [-0.05, 0) is 62.9 Å². The molecule has 1 atom stereocenters. The summed E-state index contributed by atoms with van der Waals surface area (Å²) >= 11 is 0. The van der Waals surface area contributed by atoms with Crippen LogP contribution in [0.3, 0.4) is 0 Å². The highest BCUT2D eigenvalue weighted by atomic mass is 16.5. The van der Waals surface area contributed by atoms with E-state index in [1.54, 1.807) is 12.1 Å². The zero-order chi connectivity index (χ0) is 21.9. The minimum Gasteiger partial charge on any atom is -0.467 e. The lowest BCUT2D eigenvalue weighted by atomic mass is 9.92. The van der Waals surface area contributed by atoms with E-state index < -0.39 is 11.6 Å². The topological polar surface area (TPSA) is 102 Å². The number of aryl methyl sites for hydroxylation is 2. The van der Waals surface area contributed by atoms with Crippen molar-refractivity contribution in [2.24, 2.45) is 0 Å². The Kier molecular flexibility index (Phi) is 4.30. The molecule has 8 heteroatoms. The second kappa shape index (κ2) is 6.81. The second-order valence-corrected chi connectivity index (χ2v) is 8.33. The van der Waals surface area contributed by atoms with E-state index >= 15 is 0 Å². The molecule has 1 unspecified atom stereocenters. The van der Waals surface area contributed by atoms with Crippen LogP contribution in [0.4, 0.5) is 0 Å². The largest absolute Gasteiger partial charge is 0.467 e. The first-order valence-electron chi connectivity index (χ1n) is 10.3. The molecule has 0 bridgehead atoms. The molecule has 0 saturated heterocycles. The minimum absolute atomic E-state index is 0.415. The maximum absolute atomic E-state index is 12.1. The molecule has 0 aliphatic heterocycles. The highest BCUT2D eigenvalue weighted by Crippen LogP contribution is 2.39. The number of benzene rings is 1. The van der Waals surface area contributed by atoms with Crippen molar-refractivity contribution in [3.8, 4) is 11.4 Å². The van der Waals surface area contributed by atoms with Gasteiger partial charge in [-0.25, -0.2) is 14.8 Å². The molecule has 0 spiro atoms. The van der Waals surface area contributed by atoms with Crippen molar-refractivity contribution in [3.63, 3.8) is 0 Å². The normalized spacial score (nSPS) is 15.9. The number of rotatable bonds is 4. The van der Waals surface area contributed by atoms with Crippen molar-refractivity contribution in [3.05, 3.63) is 52.8 Å². The van der Waals surface area contributed by atoms with Crippen molar-refractivity contribution < 1.29 is 14.6 Å². The quantitative estimate of drug-likeness (QED) is 0.509. The van der Waals surface area contributed by atoms with Crippen LogP contribution in [-0.4, -0.2) is 42.8 Å². The molecule has 3 heterocycles. The van der Waals surface area contributed by atoms with Crippen LogP contribution in [0.5, 0.6) is 0 Å². The molecular weight excluding hydrogens is 394 g/mol. The number of carbonyl (C=O) groups excluding carboxylic acids is 1. The molecule has 158 valence electrons. The van der Waals surface area contributed by atoms with Gasteiger partial charge < -0.3 is 9.84 Å². The number of hydrogen-bond donors (Lipinski definition) is 1. The molecule has 4 aromatic rings. The van der Waals surface area contributed by atoms with Crippen LogP contribution in [0.2, 0.25) is 0 Å². The summed E-state index contributed by atoms with van der Waals surface area (Å²) in [6.07, 6.45) is 2.31. The number of carbonyl (C=O) groups is 1. The van der Waals surface area contributed by atoms with Gasteiger partial charge in [0.1, 0.15) is 5.52 Å². The number of fused-ring (bicyclic) bond motifs is 3.